The molecule has 2 aliphatic heterocycles. The van der Waals surface area contributed by atoms with Gasteiger partial charge in [-0.25, -0.2) is 4.84 Å². The van der Waals surface area contributed by atoms with E-state index < -0.39 is 21.9 Å². The average Bonchev–Trinajstić information content (AvgIpc) is 3.25. The normalized spacial score (nSPS) is 22.7. The number of non-ortho nitro benzene ring substituents is 2. The fourth-order valence-corrected chi connectivity index (χ4v) is 3.31. The van der Waals surface area contributed by atoms with Crippen molar-refractivity contribution in [1.29, 1.82) is 0 Å². The molecule has 0 radical (unpaired) electrons. The summed E-state index contributed by atoms with van der Waals surface area (Å²) in [6, 6.07) is 11.7. The number of nitro groups is 2. The first-order valence-corrected chi connectivity index (χ1v) is 8.79. The monoisotopic (exact) mass is 400 g/mol. The van der Waals surface area contributed by atoms with Crippen LogP contribution in [0.25, 0.3) is 0 Å². The Morgan fingerprint density at radius 3 is 2.24 bits per heavy atom. The molecule has 0 bridgehead atoms. The van der Waals surface area contributed by atoms with Gasteiger partial charge in [-0.2, -0.15) is 5.06 Å². The third-order valence-corrected chi connectivity index (χ3v) is 4.69. The van der Waals surface area contributed by atoms with E-state index in [0.29, 0.717) is 23.6 Å². The number of hydroxylamine groups is 2. The van der Waals surface area contributed by atoms with E-state index in [1.54, 1.807) is 24.3 Å². The van der Waals surface area contributed by atoms with E-state index in [2.05, 4.69) is 5.16 Å². The lowest BCUT2D eigenvalue weighted by atomic mass is 9.98. The van der Waals surface area contributed by atoms with Crippen LogP contribution in [-0.4, -0.2) is 33.6 Å². The maximum absolute atomic E-state index is 11.0. The number of rotatable bonds is 6. The van der Waals surface area contributed by atoms with Crippen LogP contribution >= 0.6 is 0 Å². The van der Waals surface area contributed by atoms with Crippen molar-refractivity contribution in [2.24, 2.45) is 5.16 Å². The molecule has 0 unspecified atom stereocenters. The molecule has 150 valence electrons. The zero-order valence-electron chi connectivity index (χ0n) is 15.3. The SMILES string of the molecule is CCO[C@H]1C[C@]2(c3ccc([N+](=O)[O-])cc3)ON=C(c3ccc([N+](=O)[O-])cc3)N2O1. The van der Waals surface area contributed by atoms with Crippen molar-refractivity contribution < 1.29 is 24.3 Å². The summed E-state index contributed by atoms with van der Waals surface area (Å²) in [4.78, 5) is 32.5. The van der Waals surface area contributed by atoms with Gasteiger partial charge in [0.05, 0.1) is 16.3 Å². The molecule has 0 spiro atoms. The molecule has 11 nitrogen and oxygen atoms in total. The molecular formula is C18H16N4O7. The third kappa shape index (κ3) is 3.15. The van der Waals surface area contributed by atoms with Crippen molar-refractivity contribution >= 4 is 17.2 Å². The second-order valence-electron chi connectivity index (χ2n) is 6.39. The molecule has 0 N–H and O–H groups in total. The van der Waals surface area contributed by atoms with Gasteiger partial charge >= 0.3 is 0 Å². The number of hydrogen-bond acceptors (Lipinski definition) is 9. The Morgan fingerprint density at radius 1 is 1.10 bits per heavy atom. The lowest BCUT2D eigenvalue weighted by Crippen LogP contribution is -2.40. The molecule has 2 aromatic carbocycles. The molecule has 2 aromatic rings. The van der Waals surface area contributed by atoms with Crippen LogP contribution in [0.2, 0.25) is 0 Å². The maximum atomic E-state index is 11.0. The summed E-state index contributed by atoms with van der Waals surface area (Å²) in [7, 11) is 0. The molecule has 2 atom stereocenters. The highest BCUT2D eigenvalue weighted by atomic mass is 16.9. The van der Waals surface area contributed by atoms with Gasteiger partial charge in [-0.15, -0.1) is 0 Å². The smallest absolute Gasteiger partial charge is 0.269 e. The summed E-state index contributed by atoms with van der Waals surface area (Å²) in [6.07, 6.45) is -0.336. The molecule has 0 amide bonds. The van der Waals surface area contributed by atoms with Crippen molar-refractivity contribution in [2.75, 3.05) is 6.61 Å². The molecular weight excluding hydrogens is 384 g/mol. The summed E-state index contributed by atoms with van der Waals surface area (Å²) >= 11 is 0. The molecule has 4 rings (SSSR count). The van der Waals surface area contributed by atoms with E-state index in [-0.39, 0.29) is 17.8 Å². The van der Waals surface area contributed by atoms with E-state index in [0.717, 1.165) is 0 Å². The fraction of sp³-hybridized carbons (Fsp3) is 0.278. The van der Waals surface area contributed by atoms with E-state index in [9.17, 15) is 20.2 Å². The number of nitrogens with zero attached hydrogens (tertiary/aromatic N) is 4. The third-order valence-electron chi connectivity index (χ3n) is 4.69. The van der Waals surface area contributed by atoms with Crippen molar-refractivity contribution in [3.05, 3.63) is 79.9 Å². The van der Waals surface area contributed by atoms with Crippen LogP contribution in [-0.2, 0) is 20.1 Å². The Bertz CT molecular complexity index is 977. The van der Waals surface area contributed by atoms with Gasteiger partial charge in [0.1, 0.15) is 0 Å². The number of nitro benzene ring substituents is 2. The van der Waals surface area contributed by atoms with Crippen LogP contribution in [0.4, 0.5) is 11.4 Å². The van der Waals surface area contributed by atoms with Crippen molar-refractivity contribution in [1.82, 2.24) is 5.06 Å². The second kappa shape index (κ2) is 7.11. The number of fused-ring (bicyclic) bond motifs is 1. The Labute approximate surface area is 164 Å². The highest BCUT2D eigenvalue weighted by Crippen LogP contribution is 2.47. The van der Waals surface area contributed by atoms with Gasteiger partial charge in [0.25, 0.3) is 17.1 Å². The zero-order valence-corrected chi connectivity index (χ0v) is 15.3. The average molecular weight is 400 g/mol. The molecule has 2 aliphatic rings. The van der Waals surface area contributed by atoms with E-state index >= 15 is 0 Å². The van der Waals surface area contributed by atoms with E-state index in [1.165, 1.54) is 29.3 Å². The lowest BCUT2D eigenvalue weighted by molar-refractivity contribution is -0.385. The maximum Gasteiger partial charge on any atom is 0.269 e. The van der Waals surface area contributed by atoms with E-state index in [1.807, 2.05) is 6.92 Å². The molecule has 0 aliphatic carbocycles. The molecule has 0 aromatic heterocycles. The van der Waals surface area contributed by atoms with Crippen LogP contribution in [0, 0.1) is 20.2 Å². The molecule has 11 heteroatoms. The molecule has 1 fully saturated rings. The van der Waals surface area contributed by atoms with Crippen LogP contribution in [0.1, 0.15) is 24.5 Å². The Morgan fingerprint density at radius 2 is 1.69 bits per heavy atom. The van der Waals surface area contributed by atoms with Crippen molar-refractivity contribution in [3.8, 4) is 0 Å². The Balaban J connectivity index is 1.69. The Hall–Kier alpha value is -3.57. The minimum absolute atomic E-state index is 0.0496. The lowest BCUT2D eigenvalue weighted by Gasteiger charge is -2.28. The van der Waals surface area contributed by atoms with Gasteiger partial charge in [-0.05, 0) is 31.2 Å². The molecule has 2 heterocycles. The predicted molar refractivity (Wildman–Crippen MR) is 98.4 cm³/mol. The van der Waals surface area contributed by atoms with Crippen LogP contribution in [0.15, 0.2) is 53.7 Å². The topological polar surface area (TPSA) is 130 Å². The second-order valence-corrected chi connectivity index (χ2v) is 6.39. The zero-order chi connectivity index (χ0) is 20.6. The molecule has 29 heavy (non-hydrogen) atoms. The van der Waals surface area contributed by atoms with Gasteiger partial charge in [0, 0.05) is 42.0 Å². The standard InChI is InChI=1S/C18H16N4O7/c1-2-27-16-11-18(13-5-9-15(10-6-13)22(25)26)20(28-16)17(19-29-18)12-3-7-14(8-4-12)21(23)24/h3-10,16H,2,11H2,1H3/t16-,18-/m1/s1. The van der Waals surface area contributed by atoms with Gasteiger partial charge in [-0.1, -0.05) is 5.16 Å². The predicted octanol–water partition coefficient (Wildman–Crippen LogP) is 3.05. The largest absolute Gasteiger partial charge is 0.357 e. The summed E-state index contributed by atoms with van der Waals surface area (Å²) in [5, 5.41) is 27.4. The first-order valence-electron chi connectivity index (χ1n) is 8.79. The number of ether oxygens (including phenoxy) is 1. The van der Waals surface area contributed by atoms with Crippen molar-refractivity contribution in [2.45, 2.75) is 25.4 Å². The quantitative estimate of drug-likeness (QED) is 0.534. The minimum atomic E-state index is -1.16. The summed E-state index contributed by atoms with van der Waals surface area (Å²) in [5.41, 5.74) is -0.107. The Kier molecular flexibility index (Phi) is 4.60. The van der Waals surface area contributed by atoms with Gasteiger partial charge in [0.15, 0.2) is 6.29 Å². The van der Waals surface area contributed by atoms with Crippen molar-refractivity contribution in [3.63, 3.8) is 0 Å². The molecule has 0 saturated carbocycles. The van der Waals surface area contributed by atoms with Gasteiger partial charge in [-0.3, -0.25) is 20.2 Å². The summed E-state index contributed by atoms with van der Waals surface area (Å²) in [6.45, 7) is 2.25. The molecule has 1 saturated heterocycles. The highest BCUT2D eigenvalue weighted by Gasteiger charge is 2.57. The number of hydrogen-bond donors (Lipinski definition) is 0. The fourth-order valence-electron chi connectivity index (χ4n) is 3.31. The first kappa shape index (κ1) is 18.8. The van der Waals surface area contributed by atoms with E-state index in [4.69, 9.17) is 14.4 Å². The van der Waals surface area contributed by atoms with Crippen LogP contribution in [0.3, 0.4) is 0 Å². The van der Waals surface area contributed by atoms with Crippen LogP contribution < -0.4 is 0 Å². The minimum Gasteiger partial charge on any atom is -0.357 e. The van der Waals surface area contributed by atoms with Gasteiger partial charge < -0.3 is 9.57 Å². The van der Waals surface area contributed by atoms with Gasteiger partial charge in [0.2, 0.25) is 5.84 Å². The highest BCUT2D eigenvalue weighted by molar-refractivity contribution is 5.99. The number of oxime groups is 1. The number of benzene rings is 2. The summed E-state index contributed by atoms with van der Waals surface area (Å²) < 4.78 is 5.59. The van der Waals surface area contributed by atoms with Crippen LogP contribution in [0.5, 0.6) is 0 Å². The number of amidine groups is 1. The summed E-state index contributed by atoms with van der Waals surface area (Å²) in [5.74, 6) is 0.320. The first-order chi connectivity index (χ1) is 13.9.